The largest absolute Gasteiger partial charge is 0.370 e. The van der Waals surface area contributed by atoms with Crippen LogP contribution in [0.25, 0.3) is 0 Å². The summed E-state index contributed by atoms with van der Waals surface area (Å²) in [6.45, 7) is 2.67. The molecule has 2 N–H and O–H groups in total. The van der Waals surface area contributed by atoms with Gasteiger partial charge in [0.15, 0.2) is 5.82 Å². The summed E-state index contributed by atoms with van der Waals surface area (Å²) in [5.74, 6) is 1.52. The van der Waals surface area contributed by atoms with Gasteiger partial charge in [0.2, 0.25) is 0 Å². The highest BCUT2D eigenvalue weighted by Crippen LogP contribution is 2.30. The molecule has 1 saturated carbocycles. The average Bonchev–Trinajstić information content (AvgIpc) is 3.28. The molecule has 1 saturated heterocycles. The highest BCUT2D eigenvalue weighted by Gasteiger charge is 2.28. The average molecular weight is 387 g/mol. The molecule has 2 atom stereocenters. The van der Waals surface area contributed by atoms with Crippen LogP contribution in [0.4, 0.5) is 10.6 Å². The Bertz CT molecular complexity index is 807. The van der Waals surface area contributed by atoms with Gasteiger partial charge in [0, 0.05) is 50.3 Å². The van der Waals surface area contributed by atoms with Crippen molar-refractivity contribution in [2.24, 2.45) is 7.05 Å². The Morgan fingerprint density at radius 3 is 2.82 bits per heavy atom. The molecule has 2 aromatic rings. The number of aryl methyl sites for hydroxylation is 2. The van der Waals surface area contributed by atoms with Crippen molar-refractivity contribution in [3.05, 3.63) is 30.0 Å². The number of urea groups is 1. The molecule has 0 spiro atoms. The van der Waals surface area contributed by atoms with Gasteiger partial charge in [-0.05, 0) is 26.2 Å². The molecular formula is C20H30N6O2. The van der Waals surface area contributed by atoms with Gasteiger partial charge in [-0.25, -0.2) is 9.78 Å². The maximum absolute atomic E-state index is 12.5. The Morgan fingerprint density at radius 1 is 1.25 bits per heavy atom. The standard InChI is InChI=1S/C20H30N6O2/c1-14-12-18(24-26(14)16-6-4-3-5-7-16)23-20(27)22-15-8-11-28-17(13-15)19-21-9-10-25(19)2/h9-10,12,15-17H,3-8,11,13H2,1-2H3,(H2,22,23,24,27). The summed E-state index contributed by atoms with van der Waals surface area (Å²) in [6.07, 6.45) is 11.3. The molecule has 2 unspecified atom stereocenters. The highest BCUT2D eigenvalue weighted by atomic mass is 16.5. The van der Waals surface area contributed by atoms with Crippen LogP contribution in [0.5, 0.6) is 0 Å². The van der Waals surface area contributed by atoms with Crippen LogP contribution in [0.15, 0.2) is 18.5 Å². The molecule has 2 fully saturated rings. The van der Waals surface area contributed by atoms with E-state index in [-0.39, 0.29) is 18.2 Å². The van der Waals surface area contributed by atoms with Gasteiger partial charge in [-0.3, -0.25) is 10.00 Å². The summed E-state index contributed by atoms with van der Waals surface area (Å²) < 4.78 is 9.90. The smallest absolute Gasteiger partial charge is 0.320 e. The number of nitrogens with one attached hydrogen (secondary N) is 2. The number of rotatable bonds is 4. The van der Waals surface area contributed by atoms with Gasteiger partial charge in [-0.15, -0.1) is 0 Å². The van der Waals surface area contributed by atoms with Gasteiger partial charge in [0.25, 0.3) is 0 Å². The topological polar surface area (TPSA) is 86.0 Å². The van der Waals surface area contributed by atoms with Crippen molar-refractivity contribution in [2.75, 3.05) is 11.9 Å². The Balaban J connectivity index is 1.33. The first kappa shape index (κ1) is 19.0. The Hall–Kier alpha value is -2.35. The lowest BCUT2D eigenvalue weighted by molar-refractivity contribution is -0.00410. The fraction of sp³-hybridized carbons (Fsp3) is 0.650. The van der Waals surface area contributed by atoms with E-state index in [4.69, 9.17) is 4.74 Å². The number of hydrogen-bond acceptors (Lipinski definition) is 4. The molecule has 2 aromatic heterocycles. The van der Waals surface area contributed by atoms with Crippen molar-refractivity contribution in [1.82, 2.24) is 24.6 Å². The van der Waals surface area contributed by atoms with Crippen LogP contribution in [-0.2, 0) is 11.8 Å². The van der Waals surface area contributed by atoms with E-state index in [1.165, 1.54) is 32.1 Å². The van der Waals surface area contributed by atoms with Crippen LogP contribution in [0.1, 0.15) is 68.6 Å². The first-order valence-corrected chi connectivity index (χ1v) is 10.3. The Kier molecular flexibility index (Phi) is 5.66. The Morgan fingerprint density at radius 2 is 2.07 bits per heavy atom. The van der Waals surface area contributed by atoms with E-state index in [9.17, 15) is 4.79 Å². The molecule has 0 radical (unpaired) electrons. The quantitative estimate of drug-likeness (QED) is 0.842. The summed E-state index contributed by atoms with van der Waals surface area (Å²) in [5, 5.41) is 10.6. The third kappa shape index (κ3) is 4.22. The first-order chi connectivity index (χ1) is 13.6. The van der Waals surface area contributed by atoms with Crippen LogP contribution in [0.3, 0.4) is 0 Å². The minimum Gasteiger partial charge on any atom is -0.370 e. The molecular weight excluding hydrogens is 356 g/mol. The van der Waals surface area contributed by atoms with E-state index >= 15 is 0 Å². The number of anilines is 1. The maximum Gasteiger partial charge on any atom is 0.320 e. The molecule has 1 aliphatic carbocycles. The van der Waals surface area contributed by atoms with Crippen LogP contribution in [0.2, 0.25) is 0 Å². The van der Waals surface area contributed by atoms with Crippen LogP contribution < -0.4 is 10.6 Å². The van der Waals surface area contributed by atoms with Crippen molar-refractivity contribution in [2.45, 2.75) is 70.1 Å². The third-order valence-electron chi connectivity index (χ3n) is 5.85. The second-order valence-electron chi connectivity index (χ2n) is 7.98. The van der Waals surface area contributed by atoms with Gasteiger partial charge in [0.1, 0.15) is 11.9 Å². The molecule has 1 aliphatic heterocycles. The summed E-state index contributed by atoms with van der Waals surface area (Å²) in [7, 11) is 1.96. The molecule has 2 aliphatic rings. The SMILES string of the molecule is Cc1cc(NC(=O)NC2CCOC(c3nccn3C)C2)nn1C1CCCCC1. The van der Waals surface area contributed by atoms with E-state index in [0.29, 0.717) is 24.9 Å². The second kappa shape index (κ2) is 8.34. The lowest BCUT2D eigenvalue weighted by Crippen LogP contribution is -2.42. The number of nitrogens with zero attached hydrogens (tertiary/aromatic N) is 4. The van der Waals surface area contributed by atoms with Gasteiger partial charge < -0.3 is 14.6 Å². The minimum atomic E-state index is -0.209. The van der Waals surface area contributed by atoms with Crippen LogP contribution in [0, 0.1) is 6.92 Å². The van der Waals surface area contributed by atoms with Crippen molar-refractivity contribution in [3.8, 4) is 0 Å². The molecule has 8 nitrogen and oxygen atoms in total. The van der Waals surface area contributed by atoms with E-state index in [0.717, 1.165) is 17.9 Å². The Labute approximate surface area is 165 Å². The maximum atomic E-state index is 12.5. The van der Waals surface area contributed by atoms with E-state index < -0.39 is 0 Å². The molecule has 2 amide bonds. The second-order valence-corrected chi connectivity index (χ2v) is 7.98. The predicted octanol–water partition coefficient (Wildman–Crippen LogP) is 3.47. The van der Waals surface area contributed by atoms with Gasteiger partial charge in [-0.2, -0.15) is 5.10 Å². The van der Waals surface area contributed by atoms with Crippen molar-refractivity contribution < 1.29 is 9.53 Å². The molecule has 4 rings (SSSR count). The summed E-state index contributed by atoms with van der Waals surface area (Å²) in [4.78, 5) is 16.9. The lowest BCUT2D eigenvalue weighted by atomic mass is 9.95. The van der Waals surface area contributed by atoms with Gasteiger partial charge >= 0.3 is 6.03 Å². The fourth-order valence-electron chi connectivity index (χ4n) is 4.38. The van der Waals surface area contributed by atoms with E-state index in [2.05, 4.69) is 32.3 Å². The van der Waals surface area contributed by atoms with Crippen molar-refractivity contribution in [1.29, 1.82) is 0 Å². The normalized spacial score (nSPS) is 23.5. The third-order valence-corrected chi connectivity index (χ3v) is 5.85. The number of amides is 2. The number of aromatic nitrogens is 4. The van der Waals surface area contributed by atoms with E-state index in [1.807, 2.05) is 23.9 Å². The summed E-state index contributed by atoms with van der Waals surface area (Å²) in [6, 6.07) is 2.26. The van der Waals surface area contributed by atoms with Crippen molar-refractivity contribution in [3.63, 3.8) is 0 Å². The predicted molar refractivity (Wildman–Crippen MR) is 106 cm³/mol. The molecule has 8 heteroatoms. The first-order valence-electron chi connectivity index (χ1n) is 10.3. The monoisotopic (exact) mass is 386 g/mol. The zero-order valence-electron chi connectivity index (χ0n) is 16.7. The molecule has 3 heterocycles. The number of carbonyl (C=O) groups excluding carboxylic acids is 1. The molecule has 28 heavy (non-hydrogen) atoms. The molecule has 0 bridgehead atoms. The number of imidazole rings is 1. The summed E-state index contributed by atoms with van der Waals surface area (Å²) >= 11 is 0. The zero-order chi connectivity index (χ0) is 19.5. The summed E-state index contributed by atoms with van der Waals surface area (Å²) in [5.41, 5.74) is 1.10. The number of ether oxygens (including phenoxy) is 1. The number of hydrogen-bond donors (Lipinski definition) is 2. The van der Waals surface area contributed by atoms with Gasteiger partial charge in [-0.1, -0.05) is 19.3 Å². The molecule has 0 aromatic carbocycles. The minimum absolute atomic E-state index is 0.0528. The van der Waals surface area contributed by atoms with Crippen LogP contribution >= 0.6 is 0 Å². The van der Waals surface area contributed by atoms with Gasteiger partial charge in [0.05, 0.1) is 6.04 Å². The number of carbonyl (C=O) groups is 1. The highest BCUT2D eigenvalue weighted by molar-refractivity contribution is 5.88. The zero-order valence-corrected chi connectivity index (χ0v) is 16.7. The lowest BCUT2D eigenvalue weighted by Gasteiger charge is -2.29. The molecule has 152 valence electrons. The fourth-order valence-corrected chi connectivity index (χ4v) is 4.38. The van der Waals surface area contributed by atoms with Crippen LogP contribution in [-0.4, -0.2) is 38.0 Å². The van der Waals surface area contributed by atoms with Crippen molar-refractivity contribution >= 4 is 11.8 Å². The van der Waals surface area contributed by atoms with E-state index in [1.54, 1.807) is 6.20 Å².